The van der Waals surface area contributed by atoms with Crippen LogP contribution in [0, 0.1) is 0 Å². The molecule has 0 aromatic heterocycles. The first-order valence-electron chi connectivity index (χ1n) is 8.23. The summed E-state index contributed by atoms with van der Waals surface area (Å²) in [6, 6.07) is 0. The van der Waals surface area contributed by atoms with Crippen molar-refractivity contribution >= 4 is 23.1 Å². The molecule has 0 spiro atoms. The molecule has 0 aliphatic carbocycles. The summed E-state index contributed by atoms with van der Waals surface area (Å²) in [6.45, 7) is 12.3. The van der Waals surface area contributed by atoms with Crippen LogP contribution >= 0.6 is 0 Å². The molecule has 130 valence electrons. The quantitative estimate of drug-likeness (QED) is 0.565. The van der Waals surface area contributed by atoms with Gasteiger partial charge in [0.2, 0.25) is 0 Å². The van der Waals surface area contributed by atoms with Crippen molar-refractivity contribution in [2.75, 3.05) is 59.3 Å². The normalized spacial score (nSPS) is 29.9. The Kier molecular flexibility index (Phi) is 7.77. The van der Waals surface area contributed by atoms with Gasteiger partial charge in [0.15, 0.2) is 0 Å². The molecule has 0 atom stereocenters. The molecular weight excluding hydrogens is 367 g/mol. The molecule has 2 bridgehead atoms. The molecule has 3 saturated heterocycles. The summed E-state index contributed by atoms with van der Waals surface area (Å²) in [7, 11) is -2.82. The van der Waals surface area contributed by atoms with E-state index in [4.69, 9.17) is 24.6 Å². The average molecular weight is 396 g/mol. The van der Waals surface area contributed by atoms with Crippen LogP contribution in [0.4, 0.5) is 0 Å². The molecule has 7 nitrogen and oxygen atoms in total. The van der Waals surface area contributed by atoms with E-state index in [1.54, 1.807) is 0 Å². The Morgan fingerprint density at radius 1 is 0.818 bits per heavy atom. The molecule has 0 aromatic rings. The van der Waals surface area contributed by atoms with E-state index in [1.807, 2.05) is 20.8 Å². The minimum absolute atomic E-state index is 0.544. The SMILES string of the molecule is CCO[Si]([CH2][Ge]12[O]CCN(CC[O]1)CC[O]2)(OCC)OCC. The zero-order chi connectivity index (χ0) is 15.9. The Labute approximate surface area is 137 Å². The summed E-state index contributed by atoms with van der Waals surface area (Å²) < 4.78 is 36.3. The fraction of sp³-hybridized carbons (Fsp3) is 1.00. The Morgan fingerprint density at radius 3 is 1.59 bits per heavy atom. The van der Waals surface area contributed by atoms with Crippen LogP contribution < -0.4 is 0 Å². The molecule has 3 rings (SSSR count). The molecule has 0 unspecified atom stereocenters. The van der Waals surface area contributed by atoms with Crippen molar-refractivity contribution in [3.8, 4) is 0 Å². The van der Waals surface area contributed by atoms with Crippen molar-refractivity contribution in [1.82, 2.24) is 4.90 Å². The van der Waals surface area contributed by atoms with Crippen molar-refractivity contribution in [3.63, 3.8) is 0 Å². The Bertz CT molecular complexity index is 294. The van der Waals surface area contributed by atoms with E-state index in [0.717, 1.165) is 19.6 Å². The molecule has 0 amide bonds. The summed E-state index contributed by atoms with van der Waals surface area (Å²) in [4.78, 5) is 2.85. The van der Waals surface area contributed by atoms with Gasteiger partial charge in [-0.2, -0.15) is 0 Å². The number of nitrogens with zero attached hydrogens (tertiary/aromatic N) is 1. The van der Waals surface area contributed by atoms with Crippen molar-refractivity contribution in [1.29, 1.82) is 0 Å². The monoisotopic (exact) mass is 397 g/mol. The number of hydrogen-bond donors (Lipinski definition) is 0. The van der Waals surface area contributed by atoms with Gasteiger partial charge in [-0.25, -0.2) is 0 Å². The van der Waals surface area contributed by atoms with Crippen LogP contribution in [0.5, 0.6) is 0 Å². The van der Waals surface area contributed by atoms with Gasteiger partial charge in [0.05, 0.1) is 0 Å². The number of hydrogen-bond acceptors (Lipinski definition) is 7. The van der Waals surface area contributed by atoms with E-state index in [-0.39, 0.29) is 0 Å². The summed E-state index contributed by atoms with van der Waals surface area (Å²) in [6.07, 6.45) is 0. The van der Waals surface area contributed by atoms with Gasteiger partial charge in [-0.05, 0) is 0 Å². The third-order valence-corrected chi connectivity index (χ3v) is 16.3. The molecule has 9 heteroatoms. The molecule has 3 fully saturated rings. The van der Waals surface area contributed by atoms with Gasteiger partial charge in [0.25, 0.3) is 0 Å². The summed E-state index contributed by atoms with van der Waals surface area (Å²) in [5, 5.41) is 0. The third-order valence-electron chi connectivity index (χ3n) is 3.71. The topological polar surface area (TPSA) is 58.6 Å². The van der Waals surface area contributed by atoms with Gasteiger partial charge >= 0.3 is 137 Å². The minimum atomic E-state index is -3.41. The van der Waals surface area contributed by atoms with Gasteiger partial charge in [-0.3, -0.25) is 0 Å². The molecule has 3 aliphatic heterocycles. The zero-order valence-corrected chi connectivity index (χ0v) is 17.1. The first-order valence-corrected chi connectivity index (χ1v) is 14.2. The van der Waals surface area contributed by atoms with Crippen LogP contribution in [0.15, 0.2) is 0 Å². The van der Waals surface area contributed by atoms with Gasteiger partial charge in [-0.1, -0.05) is 0 Å². The Balaban J connectivity index is 2.16. The Hall–Kier alpha value is 0.480. The van der Waals surface area contributed by atoms with E-state index in [9.17, 15) is 0 Å². The second kappa shape index (κ2) is 9.09. The zero-order valence-electron chi connectivity index (χ0n) is 14.0. The molecule has 0 aromatic carbocycles. The molecule has 0 saturated carbocycles. The standard InChI is InChI=1S/C13H29GeNO6Si/c1-4-19-22(20-5-2,21-6-3)13-14-16-10-7-15(8-11-17-14)9-12-18-14/h4-13H2,1-3H3. The predicted octanol–water partition coefficient (Wildman–Crippen LogP) is 0.892. The second-order valence-electron chi connectivity index (χ2n) is 5.23. The predicted molar refractivity (Wildman–Crippen MR) is 85.5 cm³/mol. The van der Waals surface area contributed by atoms with E-state index in [2.05, 4.69) is 4.90 Å². The van der Waals surface area contributed by atoms with Crippen LogP contribution in [0.2, 0.25) is 4.88 Å². The number of rotatable bonds is 8. The van der Waals surface area contributed by atoms with Crippen LogP contribution in [0.25, 0.3) is 0 Å². The van der Waals surface area contributed by atoms with Crippen LogP contribution in [0.3, 0.4) is 0 Å². The fourth-order valence-corrected chi connectivity index (χ4v) is 15.8. The second-order valence-corrected chi connectivity index (χ2v) is 14.7. The van der Waals surface area contributed by atoms with Crippen LogP contribution in [-0.4, -0.2) is 87.3 Å². The molecular formula is C13H29GeNO6Si. The summed E-state index contributed by atoms with van der Waals surface area (Å²) in [5.74, 6) is 0. The van der Waals surface area contributed by atoms with Gasteiger partial charge in [-0.15, -0.1) is 0 Å². The van der Waals surface area contributed by atoms with E-state index >= 15 is 0 Å². The van der Waals surface area contributed by atoms with Crippen LogP contribution in [0.1, 0.15) is 20.8 Å². The first-order chi connectivity index (χ1) is 10.7. The van der Waals surface area contributed by atoms with Crippen molar-refractivity contribution in [3.05, 3.63) is 0 Å². The first kappa shape index (κ1) is 18.8. The van der Waals surface area contributed by atoms with Gasteiger partial charge < -0.3 is 0 Å². The molecule has 0 N–H and O–H groups in total. The van der Waals surface area contributed by atoms with E-state index in [0.29, 0.717) is 44.5 Å². The van der Waals surface area contributed by atoms with E-state index < -0.39 is 23.1 Å². The van der Waals surface area contributed by atoms with Crippen molar-refractivity contribution in [2.45, 2.75) is 25.6 Å². The fourth-order valence-electron chi connectivity index (χ4n) is 2.81. The Morgan fingerprint density at radius 2 is 1.23 bits per heavy atom. The van der Waals surface area contributed by atoms with Crippen molar-refractivity contribution < 1.29 is 24.6 Å². The van der Waals surface area contributed by atoms with Crippen LogP contribution in [-0.2, 0) is 24.6 Å². The van der Waals surface area contributed by atoms with E-state index in [1.165, 1.54) is 0 Å². The van der Waals surface area contributed by atoms with Crippen molar-refractivity contribution in [2.24, 2.45) is 0 Å². The molecule has 22 heavy (non-hydrogen) atoms. The van der Waals surface area contributed by atoms with Gasteiger partial charge in [0.1, 0.15) is 0 Å². The average Bonchev–Trinajstić information content (AvgIpc) is 2.41. The number of fused-ring (bicyclic) bond motifs is 6. The molecule has 3 heterocycles. The molecule has 3 aliphatic rings. The third kappa shape index (κ3) is 4.99. The maximum absolute atomic E-state index is 6.13. The maximum atomic E-state index is 6.13. The molecule has 0 radical (unpaired) electrons. The summed E-state index contributed by atoms with van der Waals surface area (Å²) in [5.41, 5.74) is 0. The summed E-state index contributed by atoms with van der Waals surface area (Å²) >= 11 is -3.41. The van der Waals surface area contributed by atoms with Gasteiger partial charge in [0, 0.05) is 0 Å².